The van der Waals surface area contributed by atoms with E-state index in [0.29, 0.717) is 28.3 Å². The third-order valence-corrected chi connectivity index (χ3v) is 5.85. The largest absolute Gasteiger partial charge is 0.497 e. The number of ether oxygens (including phenoxy) is 2. The molecular weight excluding hydrogens is 440 g/mol. The van der Waals surface area contributed by atoms with E-state index in [-0.39, 0.29) is 11.8 Å². The second-order valence-corrected chi connectivity index (χ2v) is 8.41. The molecule has 2 N–H and O–H groups in total. The predicted octanol–water partition coefficient (Wildman–Crippen LogP) is 4.85. The highest BCUT2D eigenvalue weighted by Gasteiger charge is 2.18. The molecule has 8 heteroatoms. The zero-order valence-corrected chi connectivity index (χ0v) is 19.3. The van der Waals surface area contributed by atoms with Crippen molar-refractivity contribution in [2.75, 3.05) is 24.9 Å². The van der Waals surface area contributed by atoms with Gasteiger partial charge in [0, 0.05) is 16.1 Å². The van der Waals surface area contributed by atoms with Gasteiger partial charge in [0.15, 0.2) is 0 Å². The Morgan fingerprint density at radius 1 is 0.848 bits per heavy atom. The van der Waals surface area contributed by atoms with Crippen molar-refractivity contribution in [3.05, 3.63) is 83.9 Å². The summed E-state index contributed by atoms with van der Waals surface area (Å²) in [6.07, 6.45) is 0. The van der Waals surface area contributed by atoms with Crippen molar-refractivity contribution in [2.45, 2.75) is 17.1 Å². The van der Waals surface area contributed by atoms with Gasteiger partial charge in [-0.3, -0.25) is 9.59 Å². The predicted molar refractivity (Wildman–Crippen MR) is 129 cm³/mol. The summed E-state index contributed by atoms with van der Waals surface area (Å²) < 4.78 is 9.86. The molecule has 3 rings (SSSR count). The molecule has 0 aliphatic rings. The lowest BCUT2D eigenvalue weighted by molar-refractivity contribution is -0.115. The number of anilines is 2. The zero-order valence-electron chi connectivity index (χ0n) is 18.5. The lowest BCUT2D eigenvalue weighted by Gasteiger charge is -2.14. The van der Waals surface area contributed by atoms with Crippen LogP contribution in [0.2, 0.25) is 0 Å². The van der Waals surface area contributed by atoms with Crippen LogP contribution in [0.3, 0.4) is 0 Å². The van der Waals surface area contributed by atoms with Crippen LogP contribution in [0.15, 0.2) is 77.7 Å². The van der Waals surface area contributed by atoms with Crippen LogP contribution in [0.1, 0.15) is 27.6 Å². The molecule has 33 heavy (non-hydrogen) atoms. The van der Waals surface area contributed by atoms with E-state index in [1.54, 1.807) is 74.7 Å². The molecule has 0 aliphatic heterocycles. The third kappa shape index (κ3) is 6.36. The van der Waals surface area contributed by atoms with Gasteiger partial charge in [-0.1, -0.05) is 12.1 Å². The fraction of sp³-hybridized carbons (Fsp3) is 0.160. The normalized spacial score (nSPS) is 11.2. The SMILES string of the molecule is COC(=O)c1ccccc1NC(=O)C(C)Sc1ccc(NC(=O)c2ccc(OC)cc2)cc1. The van der Waals surface area contributed by atoms with Gasteiger partial charge in [-0.05, 0) is 67.6 Å². The summed E-state index contributed by atoms with van der Waals surface area (Å²) in [5.74, 6) is -0.304. The highest BCUT2D eigenvalue weighted by atomic mass is 32.2. The first-order chi connectivity index (χ1) is 15.9. The molecule has 0 saturated heterocycles. The number of para-hydroxylation sites is 1. The van der Waals surface area contributed by atoms with Crippen molar-refractivity contribution in [3.8, 4) is 5.75 Å². The van der Waals surface area contributed by atoms with Gasteiger partial charge in [0.05, 0.1) is 30.7 Å². The van der Waals surface area contributed by atoms with E-state index < -0.39 is 11.2 Å². The van der Waals surface area contributed by atoms with Crippen LogP contribution in [0.25, 0.3) is 0 Å². The lowest BCUT2D eigenvalue weighted by atomic mass is 10.2. The number of amides is 2. The summed E-state index contributed by atoms with van der Waals surface area (Å²) in [4.78, 5) is 37.8. The van der Waals surface area contributed by atoms with Crippen molar-refractivity contribution in [1.29, 1.82) is 0 Å². The minimum atomic E-state index is -0.515. The average Bonchev–Trinajstić information content (AvgIpc) is 2.85. The number of carbonyl (C=O) groups is 3. The molecule has 0 radical (unpaired) electrons. The Labute approximate surface area is 196 Å². The molecule has 170 valence electrons. The van der Waals surface area contributed by atoms with Crippen molar-refractivity contribution in [3.63, 3.8) is 0 Å². The smallest absolute Gasteiger partial charge is 0.339 e. The van der Waals surface area contributed by atoms with E-state index in [1.807, 2.05) is 12.1 Å². The van der Waals surface area contributed by atoms with Crippen LogP contribution >= 0.6 is 11.8 Å². The number of rotatable bonds is 8. The topological polar surface area (TPSA) is 93.7 Å². The van der Waals surface area contributed by atoms with Crippen LogP contribution < -0.4 is 15.4 Å². The van der Waals surface area contributed by atoms with Gasteiger partial charge in [0.2, 0.25) is 5.91 Å². The Morgan fingerprint density at radius 2 is 1.52 bits per heavy atom. The maximum absolute atomic E-state index is 12.6. The number of thioether (sulfide) groups is 1. The van der Waals surface area contributed by atoms with Crippen molar-refractivity contribution >= 4 is 40.9 Å². The second kappa shape index (κ2) is 11.2. The van der Waals surface area contributed by atoms with E-state index in [0.717, 1.165) is 4.90 Å². The molecule has 0 aromatic heterocycles. The molecule has 1 atom stereocenters. The molecule has 2 amide bonds. The van der Waals surface area contributed by atoms with Crippen LogP contribution in [-0.2, 0) is 9.53 Å². The molecule has 0 heterocycles. The van der Waals surface area contributed by atoms with Crippen LogP contribution in [0.5, 0.6) is 5.75 Å². The zero-order chi connectivity index (χ0) is 23.8. The summed E-state index contributed by atoms with van der Waals surface area (Å²) in [5.41, 5.74) is 1.86. The van der Waals surface area contributed by atoms with Gasteiger partial charge >= 0.3 is 5.97 Å². The Bertz CT molecular complexity index is 1130. The maximum Gasteiger partial charge on any atom is 0.339 e. The Balaban J connectivity index is 1.58. The van der Waals surface area contributed by atoms with Crippen molar-refractivity contribution in [2.24, 2.45) is 0 Å². The number of hydrogen-bond acceptors (Lipinski definition) is 6. The fourth-order valence-electron chi connectivity index (χ4n) is 2.93. The molecule has 3 aromatic carbocycles. The average molecular weight is 465 g/mol. The molecule has 0 aliphatic carbocycles. The van der Waals surface area contributed by atoms with Gasteiger partial charge in [-0.25, -0.2) is 4.79 Å². The Morgan fingerprint density at radius 3 is 2.15 bits per heavy atom. The lowest BCUT2D eigenvalue weighted by Crippen LogP contribution is -2.23. The summed E-state index contributed by atoms with van der Waals surface area (Å²) in [7, 11) is 2.86. The van der Waals surface area contributed by atoms with Crippen molar-refractivity contribution < 1.29 is 23.9 Å². The number of benzene rings is 3. The van der Waals surface area contributed by atoms with Crippen molar-refractivity contribution in [1.82, 2.24) is 0 Å². The van der Waals surface area contributed by atoms with E-state index >= 15 is 0 Å². The minimum absolute atomic E-state index is 0.227. The summed E-state index contributed by atoms with van der Waals surface area (Å²) >= 11 is 1.36. The van der Waals surface area contributed by atoms with E-state index in [1.165, 1.54) is 18.9 Å². The maximum atomic E-state index is 12.6. The summed E-state index contributed by atoms with van der Waals surface area (Å²) in [6, 6.07) is 20.8. The first kappa shape index (κ1) is 23.9. The highest BCUT2D eigenvalue weighted by molar-refractivity contribution is 8.00. The molecule has 0 spiro atoms. The number of methoxy groups -OCH3 is 2. The number of nitrogens with one attached hydrogen (secondary N) is 2. The number of hydrogen-bond donors (Lipinski definition) is 2. The molecule has 1 unspecified atom stereocenters. The van der Waals surface area contributed by atoms with E-state index in [4.69, 9.17) is 9.47 Å². The fourth-order valence-corrected chi connectivity index (χ4v) is 3.80. The van der Waals surface area contributed by atoms with Gasteiger partial charge < -0.3 is 20.1 Å². The second-order valence-electron chi connectivity index (χ2n) is 6.99. The van der Waals surface area contributed by atoms with E-state index in [2.05, 4.69) is 10.6 Å². The molecule has 7 nitrogen and oxygen atoms in total. The van der Waals surface area contributed by atoms with Gasteiger partial charge in [-0.2, -0.15) is 0 Å². The first-order valence-corrected chi connectivity index (χ1v) is 11.0. The number of esters is 1. The first-order valence-electron chi connectivity index (χ1n) is 10.1. The van der Waals surface area contributed by atoms with Crippen LogP contribution in [0.4, 0.5) is 11.4 Å². The van der Waals surface area contributed by atoms with Gasteiger partial charge in [0.25, 0.3) is 5.91 Å². The number of carbonyl (C=O) groups excluding carboxylic acids is 3. The summed E-state index contributed by atoms with van der Waals surface area (Å²) in [6.45, 7) is 1.78. The minimum Gasteiger partial charge on any atom is -0.497 e. The standard InChI is InChI=1S/C25H24N2O5S/c1-16(23(28)27-22-7-5-4-6-21(22)25(30)32-3)33-20-14-10-18(11-15-20)26-24(29)17-8-12-19(31-2)13-9-17/h4-16H,1-3H3,(H,26,29)(H,27,28). The Hall–Kier alpha value is -3.78. The molecular formula is C25H24N2O5S. The van der Waals surface area contributed by atoms with Gasteiger partial charge in [-0.15, -0.1) is 11.8 Å². The third-order valence-electron chi connectivity index (χ3n) is 4.74. The molecule has 3 aromatic rings. The summed E-state index contributed by atoms with van der Waals surface area (Å²) in [5, 5.41) is 5.20. The van der Waals surface area contributed by atoms with E-state index in [9.17, 15) is 14.4 Å². The quantitative estimate of drug-likeness (QED) is 0.366. The van der Waals surface area contributed by atoms with Gasteiger partial charge in [0.1, 0.15) is 5.75 Å². The van der Waals surface area contributed by atoms with Crippen LogP contribution in [0, 0.1) is 0 Å². The highest BCUT2D eigenvalue weighted by Crippen LogP contribution is 2.26. The molecule has 0 bridgehead atoms. The Kier molecular flexibility index (Phi) is 8.10. The monoisotopic (exact) mass is 464 g/mol. The molecule has 0 saturated carbocycles. The molecule has 0 fully saturated rings. The van der Waals surface area contributed by atoms with Crippen LogP contribution in [-0.4, -0.2) is 37.3 Å².